The van der Waals surface area contributed by atoms with Gasteiger partial charge in [-0.15, -0.1) is 0 Å². The van der Waals surface area contributed by atoms with Crippen LogP contribution in [-0.2, 0) is 21.2 Å². The predicted molar refractivity (Wildman–Crippen MR) is 95.4 cm³/mol. The number of sulfonamides is 1. The first kappa shape index (κ1) is 18.2. The van der Waals surface area contributed by atoms with E-state index in [4.69, 9.17) is 5.14 Å². The van der Waals surface area contributed by atoms with Crippen molar-refractivity contribution in [3.63, 3.8) is 0 Å². The summed E-state index contributed by atoms with van der Waals surface area (Å²) in [6.45, 7) is 5.97. The van der Waals surface area contributed by atoms with Gasteiger partial charge in [-0.25, -0.2) is 13.6 Å². The lowest BCUT2D eigenvalue weighted by Gasteiger charge is -2.13. The van der Waals surface area contributed by atoms with E-state index >= 15 is 0 Å². The molecule has 0 aliphatic carbocycles. The molecule has 6 heteroatoms. The highest BCUT2D eigenvalue weighted by atomic mass is 32.2. The number of aryl methyl sites for hydroxylation is 4. The molecule has 24 heavy (non-hydrogen) atoms. The van der Waals surface area contributed by atoms with Crippen molar-refractivity contribution in [1.82, 2.24) is 0 Å². The summed E-state index contributed by atoms with van der Waals surface area (Å²) < 4.78 is 22.4. The van der Waals surface area contributed by atoms with Gasteiger partial charge in [0, 0.05) is 12.1 Å². The van der Waals surface area contributed by atoms with Crippen molar-refractivity contribution in [2.75, 3.05) is 5.32 Å². The molecular weight excluding hydrogens is 324 g/mol. The molecule has 0 bridgehead atoms. The van der Waals surface area contributed by atoms with Gasteiger partial charge in [0.15, 0.2) is 0 Å². The molecule has 0 aliphatic rings. The molecular formula is C18H22N2O3S. The van der Waals surface area contributed by atoms with Gasteiger partial charge in [0.05, 0.1) is 4.90 Å². The lowest BCUT2D eigenvalue weighted by Crippen LogP contribution is -2.14. The number of hydrogen-bond acceptors (Lipinski definition) is 3. The Morgan fingerprint density at radius 2 is 1.58 bits per heavy atom. The van der Waals surface area contributed by atoms with Gasteiger partial charge in [-0.3, -0.25) is 4.79 Å². The molecule has 0 saturated heterocycles. The lowest BCUT2D eigenvalue weighted by molar-refractivity contribution is -0.116. The maximum atomic E-state index is 12.2. The second-order valence-electron chi connectivity index (χ2n) is 6.01. The third kappa shape index (κ3) is 4.66. The van der Waals surface area contributed by atoms with Crippen LogP contribution in [0.3, 0.4) is 0 Å². The Bertz CT molecular complexity index is 833. The minimum Gasteiger partial charge on any atom is -0.326 e. The summed E-state index contributed by atoms with van der Waals surface area (Å²) in [6.07, 6.45) is 0.849. The summed E-state index contributed by atoms with van der Waals surface area (Å²) in [4.78, 5) is 12.2. The van der Waals surface area contributed by atoms with Crippen LogP contribution in [0.4, 0.5) is 5.69 Å². The molecule has 2 rings (SSSR count). The van der Waals surface area contributed by atoms with Crippen molar-refractivity contribution in [3.05, 3.63) is 58.7 Å². The Morgan fingerprint density at radius 1 is 1.04 bits per heavy atom. The normalized spacial score (nSPS) is 11.3. The minimum absolute atomic E-state index is 0.0689. The first-order valence-corrected chi connectivity index (χ1v) is 9.21. The Morgan fingerprint density at radius 3 is 2.08 bits per heavy atom. The topological polar surface area (TPSA) is 89.3 Å². The molecule has 5 nitrogen and oxygen atoms in total. The van der Waals surface area contributed by atoms with Crippen molar-refractivity contribution in [3.8, 4) is 0 Å². The molecule has 2 aromatic rings. The van der Waals surface area contributed by atoms with Gasteiger partial charge >= 0.3 is 0 Å². The fourth-order valence-electron chi connectivity index (χ4n) is 2.68. The zero-order valence-electron chi connectivity index (χ0n) is 14.1. The van der Waals surface area contributed by atoms with E-state index in [0.29, 0.717) is 12.8 Å². The van der Waals surface area contributed by atoms with E-state index in [-0.39, 0.29) is 10.8 Å². The fourth-order valence-corrected chi connectivity index (χ4v) is 3.20. The molecule has 0 saturated carbocycles. The Labute approximate surface area is 142 Å². The second kappa shape index (κ2) is 7.15. The SMILES string of the molecule is Cc1cc(C)c(NC(=O)CCc2ccc(S(N)(=O)=O)cc2)c(C)c1. The van der Waals surface area contributed by atoms with Crippen molar-refractivity contribution < 1.29 is 13.2 Å². The average molecular weight is 346 g/mol. The van der Waals surface area contributed by atoms with Crippen LogP contribution >= 0.6 is 0 Å². The first-order valence-electron chi connectivity index (χ1n) is 7.66. The highest BCUT2D eigenvalue weighted by Gasteiger charge is 2.10. The number of carbonyl (C=O) groups excluding carboxylic acids is 1. The molecule has 128 valence electrons. The van der Waals surface area contributed by atoms with Crippen LogP contribution in [0.5, 0.6) is 0 Å². The number of benzene rings is 2. The summed E-state index contributed by atoms with van der Waals surface area (Å²) in [6, 6.07) is 10.3. The number of primary sulfonamides is 1. The number of hydrogen-bond donors (Lipinski definition) is 2. The molecule has 0 heterocycles. The van der Waals surface area contributed by atoms with Crippen molar-refractivity contribution in [2.24, 2.45) is 5.14 Å². The van der Waals surface area contributed by atoms with E-state index in [0.717, 1.165) is 27.9 Å². The highest BCUT2D eigenvalue weighted by molar-refractivity contribution is 7.89. The van der Waals surface area contributed by atoms with Crippen LogP contribution in [0.2, 0.25) is 0 Å². The number of amides is 1. The van der Waals surface area contributed by atoms with Crippen LogP contribution in [0, 0.1) is 20.8 Å². The van der Waals surface area contributed by atoms with Gasteiger partial charge in [-0.05, 0) is 56.0 Å². The van der Waals surface area contributed by atoms with E-state index in [9.17, 15) is 13.2 Å². The second-order valence-corrected chi connectivity index (χ2v) is 7.57. The molecule has 3 N–H and O–H groups in total. The standard InChI is InChI=1S/C18H22N2O3S/c1-12-10-13(2)18(14(3)11-12)20-17(21)9-6-15-4-7-16(8-5-15)24(19,22)23/h4-5,7-8,10-11H,6,9H2,1-3H3,(H,20,21)(H2,19,22,23). The van der Waals surface area contributed by atoms with E-state index in [1.54, 1.807) is 12.1 Å². The summed E-state index contributed by atoms with van der Waals surface area (Å²) in [5.74, 6) is -0.0689. The van der Waals surface area contributed by atoms with Crippen LogP contribution in [0.1, 0.15) is 28.7 Å². The van der Waals surface area contributed by atoms with Gasteiger partial charge in [-0.1, -0.05) is 29.8 Å². The molecule has 0 aliphatic heterocycles. The molecule has 0 aromatic heterocycles. The fraction of sp³-hybridized carbons (Fsp3) is 0.278. The van der Waals surface area contributed by atoms with Gasteiger partial charge in [0.25, 0.3) is 0 Å². The van der Waals surface area contributed by atoms with Gasteiger partial charge in [0.1, 0.15) is 0 Å². The van der Waals surface area contributed by atoms with Crippen LogP contribution in [-0.4, -0.2) is 14.3 Å². The molecule has 0 radical (unpaired) electrons. The summed E-state index contributed by atoms with van der Waals surface area (Å²) in [5, 5.41) is 8.02. The summed E-state index contributed by atoms with van der Waals surface area (Å²) >= 11 is 0. The van der Waals surface area contributed by atoms with Gasteiger partial charge in [-0.2, -0.15) is 0 Å². The average Bonchev–Trinajstić information content (AvgIpc) is 2.48. The smallest absolute Gasteiger partial charge is 0.238 e. The van der Waals surface area contributed by atoms with E-state index < -0.39 is 10.0 Å². The van der Waals surface area contributed by atoms with E-state index in [2.05, 4.69) is 5.32 Å². The maximum Gasteiger partial charge on any atom is 0.238 e. The molecule has 0 fully saturated rings. The first-order chi connectivity index (χ1) is 11.2. The third-order valence-corrected chi connectivity index (χ3v) is 4.76. The number of nitrogens with two attached hydrogens (primary N) is 1. The molecule has 0 unspecified atom stereocenters. The number of nitrogens with one attached hydrogen (secondary N) is 1. The molecule has 0 atom stereocenters. The zero-order valence-corrected chi connectivity index (χ0v) is 14.9. The van der Waals surface area contributed by atoms with Gasteiger partial charge < -0.3 is 5.32 Å². The van der Waals surface area contributed by atoms with Crippen LogP contribution in [0.25, 0.3) is 0 Å². The van der Waals surface area contributed by atoms with Crippen LogP contribution < -0.4 is 10.5 Å². The number of carbonyl (C=O) groups is 1. The molecule has 1 amide bonds. The largest absolute Gasteiger partial charge is 0.326 e. The lowest BCUT2D eigenvalue weighted by atomic mass is 10.0. The Hall–Kier alpha value is -2.18. The Balaban J connectivity index is 1.99. The molecule has 2 aromatic carbocycles. The van der Waals surface area contributed by atoms with Crippen molar-refractivity contribution in [2.45, 2.75) is 38.5 Å². The number of anilines is 1. The zero-order chi connectivity index (χ0) is 17.9. The molecule has 0 spiro atoms. The van der Waals surface area contributed by atoms with Crippen molar-refractivity contribution >= 4 is 21.6 Å². The maximum absolute atomic E-state index is 12.2. The monoisotopic (exact) mass is 346 g/mol. The van der Waals surface area contributed by atoms with Gasteiger partial charge in [0.2, 0.25) is 15.9 Å². The third-order valence-electron chi connectivity index (χ3n) is 3.83. The van der Waals surface area contributed by atoms with Crippen molar-refractivity contribution in [1.29, 1.82) is 0 Å². The van der Waals surface area contributed by atoms with E-state index in [1.807, 2.05) is 32.9 Å². The summed E-state index contributed by atoms with van der Waals surface area (Å²) in [7, 11) is -3.68. The highest BCUT2D eigenvalue weighted by Crippen LogP contribution is 2.22. The Kier molecular flexibility index (Phi) is 5.41. The predicted octanol–water partition coefficient (Wildman–Crippen LogP) is 2.83. The summed E-state index contributed by atoms with van der Waals surface area (Å²) in [5.41, 5.74) is 4.99. The number of rotatable bonds is 5. The van der Waals surface area contributed by atoms with Crippen LogP contribution in [0.15, 0.2) is 41.3 Å². The quantitative estimate of drug-likeness (QED) is 0.872. The van der Waals surface area contributed by atoms with E-state index in [1.165, 1.54) is 12.1 Å². The minimum atomic E-state index is -3.68.